The highest BCUT2D eigenvalue weighted by atomic mass is 16.5. The van der Waals surface area contributed by atoms with Gasteiger partial charge in [0.2, 0.25) is 0 Å². The molecule has 7 heteroatoms. The van der Waals surface area contributed by atoms with Gasteiger partial charge in [-0.25, -0.2) is 5.06 Å². The summed E-state index contributed by atoms with van der Waals surface area (Å²) in [5.74, 6) is -0.268. The van der Waals surface area contributed by atoms with Crippen LogP contribution in [0.2, 0.25) is 0 Å². The third-order valence-electron chi connectivity index (χ3n) is 5.22. The van der Waals surface area contributed by atoms with E-state index < -0.39 is 0 Å². The smallest absolute Gasteiger partial charge is 0.260 e. The van der Waals surface area contributed by atoms with E-state index in [-0.39, 0.29) is 24.5 Å². The average molecular weight is 426 g/mol. The Morgan fingerprint density at radius 1 is 0.935 bits per heavy atom. The van der Waals surface area contributed by atoms with Gasteiger partial charge < -0.3 is 15.5 Å². The molecule has 0 atom stereocenters. The summed E-state index contributed by atoms with van der Waals surface area (Å²) in [6.45, 7) is 10.4. The third-order valence-corrected chi connectivity index (χ3v) is 5.22. The Morgan fingerprint density at radius 3 is 2.00 bits per heavy atom. The second kappa shape index (κ2) is 10.1. The molecule has 1 amide bonds. The van der Waals surface area contributed by atoms with Crippen molar-refractivity contribution >= 4 is 23.0 Å². The fourth-order valence-corrected chi connectivity index (χ4v) is 3.47. The van der Waals surface area contributed by atoms with Crippen molar-refractivity contribution in [3.63, 3.8) is 0 Å². The van der Waals surface area contributed by atoms with E-state index in [0.717, 1.165) is 53.9 Å². The topological polar surface area (TPSA) is 71.1 Å². The van der Waals surface area contributed by atoms with Crippen LogP contribution in [-0.4, -0.2) is 71.3 Å². The van der Waals surface area contributed by atoms with Crippen LogP contribution in [0.25, 0.3) is 0 Å². The zero-order valence-electron chi connectivity index (χ0n) is 19.1. The molecule has 31 heavy (non-hydrogen) atoms. The van der Waals surface area contributed by atoms with Gasteiger partial charge in [0.05, 0.1) is 13.1 Å². The predicted molar refractivity (Wildman–Crippen MR) is 126 cm³/mol. The standard InChI is InChI=1S/C24H35N5O2/c1-24(2,3)26-22-11-9-21(10-12-22)25-20-7-5-19(6-8-20)17-29(31)23(30)18-28-15-13-27(4)14-16-28/h5-12,25-26,31H,13-18H2,1-4H3. The van der Waals surface area contributed by atoms with Crippen LogP contribution in [0.4, 0.5) is 17.1 Å². The lowest BCUT2D eigenvalue weighted by atomic mass is 10.1. The summed E-state index contributed by atoms with van der Waals surface area (Å²) >= 11 is 0. The normalized spacial score (nSPS) is 15.5. The lowest BCUT2D eigenvalue weighted by Gasteiger charge is -2.32. The van der Waals surface area contributed by atoms with Gasteiger partial charge in [-0.1, -0.05) is 12.1 Å². The largest absolute Gasteiger partial charge is 0.380 e. The number of likely N-dealkylation sites (N-methyl/N-ethyl adjacent to an activating group) is 1. The van der Waals surface area contributed by atoms with Crippen LogP contribution >= 0.6 is 0 Å². The van der Waals surface area contributed by atoms with Gasteiger partial charge in [0.25, 0.3) is 5.91 Å². The minimum atomic E-state index is -0.268. The fourth-order valence-electron chi connectivity index (χ4n) is 3.47. The zero-order valence-corrected chi connectivity index (χ0v) is 19.1. The number of rotatable bonds is 7. The maximum atomic E-state index is 12.3. The number of piperazine rings is 1. The molecule has 1 saturated heterocycles. The number of nitrogens with zero attached hydrogens (tertiary/aromatic N) is 3. The molecule has 0 aliphatic carbocycles. The highest BCUT2D eigenvalue weighted by Crippen LogP contribution is 2.21. The number of anilines is 3. The SMILES string of the molecule is CN1CCN(CC(=O)N(O)Cc2ccc(Nc3ccc(NC(C)(C)C)cc3)cc2)CC1. The first kappa shape index (κ1) is 23.1. The molecular formula is C24H35N5O2. The van der Waals surface area contributed by atoms with E-state index in [1.54, 1.807) is 0 Å². The highest BCUT2D eigenvalue weighted by Gasteiger charge is 2.19. The van der Waals surface area contributed by atoms with Gasteiger partial charge >= 0.3 is 0 Å². The summed E-state index contributed by atoms with van der Waals surface area (Å²) in [7, 11) is 2.08. The van der Waals surface area contributed by atoms with Crippen molar-refractivity contribution in [2.45, 2.75) is 32.9 Å². The average Bonchev–Trinajstić information content (AvgIpc) is 2.71. The Morgan fingerprint density at radius 2 is 1.45 bits per heavy atom. The van der Waals surface area contributed by atoms with Crippen molar-refractivity contribution in [3.05, 3.63) is 54.1 Å². The number of amides is 1. The molecule has 1 heterocycles. The van der Waals surface area contributed by atoms with E-state index in [9.17, 15) is 10.0 Å². The van der Waals surface area contributed by atoms with Gasteiger partial charge in [-0.15, -0.1) is 0 Å². The first-order valence-corrected chi connectivity index (χ1v) is 10.8. The first-order valence-electron chi connectivity index (χ1n) is 10.8. The van der Waals surface area contributed by atoms with Crippen LogP contribution in [0.15, 0.2) is 48.5 Å². The van der Waals surface area contributed by atoms with Crippen LogP contribution in [0.5, 0.6) is 0 Å². The Bertz CT molecular complexity index is 838. The summed E-state index contributed by atoms with van der Waals surface area (Å²) in [6, 6.07) is 15.9. The summed E-state index contributed by atoms with van der Waals surface area (Å²) < 4.78 is 0. The molecule has 3 N–H and O–H groups in total. The van der Waals surface area contributed by atoms with Crippen molar-refractivity contribution in [1.29, 1.82) is 0 Å². The number of hydrogen-bond donors (Lipinski definition) is 3. The van der Waals surface area contributed by atoms with Crippen LogP contribution in [0.3, 0.4) is 0 Å². The van der Waals surface area contributed by atoms with Crippen molar-refractivity contribution in [2.75, 3.05) is 50.4 Å². The van der Waals surface area contributed by atoms with Crippen molar-refractivity contribution < 1.29 is 10.0 Å². The molecule has 0 radical (unpaired) electrons. The fraction of sp³-hybridized carbons (Fsp3) is 0.458. The van der Waals surface area contributed by atoms with Crippen LogP contribution in [0.1, 0.15) is 26.3 Å². The molecule has 0 aromatic heterocycles. The van der Waals surface area contributed by atoms with Crippen molar-refractivity contribution in [3.8, 4) is 0 Å². The van der Waals surface area contributed by atoms with Gasteiger partial charge in [0, 0.05) is 48.8 Å². The van der Waals surface area contributed by atoms with E-state index in [0.29, 0.717) is 0 Å². The maximum absolute atomic E-state index is 12.3. The number of hydrogen-bond acceptors (Lipinski definition) is 6. The predicted octanol–water partition coefficient (Wildman–Crippen LogP) is 3.61. The summed E-state index contributed by atoms with van der Waals surface area (Å²) in [5, 5.41) is 17.8. The minimum Gasteiger partial charge on any atom is -0.380 e. The molecule has 0 unspecified atom stereocenters. The number of hydroxylamine groups is 2. The van der Waals surface area contributed by atoms with Crippen LogP contribution in [0, 0.1) is 0 Å². The quantitative estimate of drug-likeness (QED) is 0.465. The molecule has 1 aliphatic heterocycles. The Hall–Kier alpha value is -2.61. The van der Waals surface area contributed by atoms with E-state index in [1.165, 1.54) is 0 Å². The van der Waals surface area contributed by atoms with E-state index >= 15 is 0 Å². The number of nitrogens with one attached hydrogen (secondary N) is 2. The van der Waals surface area contributed by atoms with Crippen LogP contribution in [-0.2, 0) is 11.3 Å². The van der Waals surface area contributed by atoms with Gasteiger partial charge in [0.1, 0.15) is 0 Å². The number of carbonyl (C=O) groups excluding carboxylic acids is 1. The minimum absolute atomic E-state index is 0.0250. The molecule has 168 valence electrons. The van der Waals surface area contributed by atoms with Gasteiger partial charge in [-0.05, 0) is 69.8 Å². The zero-order chi connectivity index (χ0) is 22.4. The molecule has 0 spiro atoms. The summed E-state index contributed by atoms with van der Waals surface area (Å²) in [4.78, 5) is 16.6. The van der Waals surface area contributed by atoms with Gasteiger partial charge in [-0.3, -0.25) is 14.9 Å². The second-order valence-electron chi connectivity index (χ2n) is 9.31. The Labute approximate surface area is 185 Å². The maximum Gasteiger partial charge on any atom is 0.260 e. The van der Waals surface area contributed by atoms with Crippen LogP contribution < -0.4 is 10.6 Å². The lowest BCUT2D eigenvalue weighted by Crippen LogP contribution is -2.48. The second-order valence-corrected chi connectivity index (χ2v) is 9.31. The van der Waals surface area contributed by atoms with E-state index in [1.807, 2.05) is 36.4 Å². The summed E-state index contributed by atoms with van der Waals surface area (Å²) in [6.07, 6.45) is 0. The highest BCUT2D eigenvalue weighted by molar-refractivity contribution is 5.77. The van der Waals surface area contributed by atoms with E-state index in [2.05, 4.69) is 60.4 Å². The van der Waals surface area contributed by atoms with Gasteiger partial charge in [0.15, 0.2) is 0 Å². The lowest BCUT2D eigenvalue weighted by molar-refractivity contribution is -0.169. The number of carbonyl (C=O) groups is 1. The summed E-state index contributed by atoms with van der Waals surface area (Å²) in [5.41, 5.74) is 3.94. The Kier molecular flexibility index (Phi) is 7.54. The molecule has 2 aromatic rings. The molecular weight excluding hydrogens is 390 g/mol. The third kappa shape index (κ3) is 7.54. The van der Waals surface area contributed by atoms with Crippen molar-refractivity contribution in [2.24, 2.45) is 0 Å². The number of benzene rings is 2. The Balaban J connectivity index is 1.48. The molecule has 7 nitrogen and oxygen atoms in total. The molecule has 0 saturated carbocycles. The van der Waals surface area contributed by atoms with E-state index in [4.69, 9.17) is 0 Å². The molecule has 3 rings (SSSR count). The first-order chi connectivity index (χ1) is 14.7. The molecule has 1 aliphatic rings. The van der Waals surface area contributed by atoms with Crippen molar-refractivity contribution in [1.82, 2.24) is 14.9 Å². The molecule has 2 aromatic carbocycles. The molecule has 0 bridgehead atoms. The molecule has 1 fully saturated rings. The monoisotopic (exact) mass is 425 g/mol. The van der Waals surface area contributed by atoms with Gasteiger partial charge in [-0.2, -0.15) is 0 Å².